The minimum atomic E-state index is -1.11. The lowest BCUT2D eigenvalue weighted by atomic mass is 10.1. The van der Waals surface area contributed by atoms with E-state index in [1.807, 2.05) is 30.3 Å². The number of aliphatic hydroxyl groups is 1. The van der Waals surface area contributed by atoms with Crippen LogP contribution in [-0.4, -0.2) is 45.5 Å². The Labute approximate surface area is 189 Å². The van der Waals surface area contributed by atoms with E-state index in [1.54, 1.807) is 37.3 Å². The number of rotatable bonds is 7. The first-order valence-electron chi connectivity index (χ1n) is 10.5. The van der Waals surface area contributed by atoms with Gasteiger partial charge in [0.1, 0.15) is 12.2 Å². The van der Waals surface area contributed by atoms with Crippen molar-refractivity contribution in [1.29, 1.82) is 0 Å². The Morgan fingerprint density at radius 3 is 2.39 bits per heavy atom. The first-order chi connectivity index (χ1) is 16.0. The summed E-state index contributed by atoms with van der Waals surface area (Å²) in [6, 6.07) is 17.8. The van der Waals surface area contributed by atoms with Crippen molar-refractivity contribution in [3.05, 3.63) is 104 Å². The Kier molecular flexibility index (Phi) is 6.83. The lowest BCUT2D eigenvalue weighted by molar-refractivity contribution is -0.0668. The molecule has 3 aromatic rings. The second-order valence-electron chi connectivity index (χ2n) is 7.72. The van der Waals surface area contributed by atoms with Crippen LogP contribution in [0.3, 0.4) is 0 Å². The molecule has 1 saturated heterocycles. The smallest absolute Gasteiger partial charge is 0.338 e. The number of benzene rings is 2. The quantitative estimate of drug-likeness (QED) is 0.522. The normalized spacial score (nSPS) is 22.2. The third-order valence-corrected chi connectivity index (χ3v) is 5.42. The number of carbonyl (C=O) groups is 1. The van der Waals surface area contributed by atoms with E-state index in [1.165, 1.54) is 6.20 Å². The van der Waals surface area contributed by atoms with Gasteiger partial charge in [-0.25, -0.2) is 9.59 Å². The van der Waals surface area contributed by atoms with Gasteiger partial charge in [0, 0.05) is 11.8 Å². The molecule has 2 heterocycles. The number of esters is 1. The molecule has 33 heavy (non-hydrogen) atoms. The second kappa shape index (κ2) is 9.95. The van der Waals surface area contributed by atoms with E-state index in [9.17, 15) is 19.5 Å². The molecule has 0 spiro atoms. The molecule has 9 nitrogen and oxygen atoms in total. The molecular formula is C24H24N2O7. The Bertz CT molecular complexity index is 1210. The van der Waals surface area contributed by atoms with Gasteiger partial charge >= 0.3 is 11.7 Å². The highest BCUT2D eigenvalue weighted by Crippen LogP contribution is 2.34. The minimum absolute atomic E-state index is 0.178. The van der Waals surface area contributed by atoms with Crippen LogP contribution in [0.4, 0.5) is 0 Å². The molecule has 1 fully saturated rings. The van der Waals surface area contributed by atoms with Crippen molar-refractivity contribution in [3.8, 4) is 0 Å². The molecule has 0 amide bonds. The third-order valence-electron chi connectivity index (χ3n) is 5.42. The zero-order valence-corrected chi connectivity index (χ0v) is 17.9. The van der Waals surface area contributed by atoms with Crippen LogP contribution in [-0.2, 0) is 20.8 Å². The zero-order chi connectivity index (χ0) is 23.4. The van der Waals surface area contributed by atoms with Crippen LogP contribution in [0, 0.1) is 6.92 Å². The van der Waals surface area contributed by atoms with Gasteiger partial charge in [-0.15, -0.1) is 0 Å². The number of nitrogens with zero attached hydrogens (tertiary/aromatic N) is 1. The van der Waals surface area contributed by atoms with Gasteiger partial charge in [0.05, 0.1) is 18.8 Å². The number of H-pyrrole nitrogens is 1. The summed E-state index contributed by atoms with van der Waals surface area (Å²) in [5, 5.41) is 9.94. The Hall–Kier alpha value is -3.53. The highest BCUT2D eigenvalue weighted by molar-refractivity contribution is 5.89. The van der Waals surface area contributed by atoms with Gasteiger partial charge in [0.25, 0.3) is 5.56 Å². The van der Waals surface area contributed by atoms with Crippen LogP contribution in [0.1, 0.15) is 27.7 Å². The fourth-order valence-corrected chi connectivity index (χ4v) is 3.71. The summed E-state index contributed by atoms with van der Waals surface area (Å²) in [4.78, 5) is 39.5. The lowest BCUT2D eigenvalue weighted by Gasteiger charge is -2.25. The molecular weight excluding hydrogens is 428 g/mol. The number of aromatic nitrogens is 2. The first kappa shape index (κ1) is 22.7. The third kappa shape index (κ3) is 4.95. The molecule has 1 aromatic heterocycles. The molecule has 4 rings (SSSR count). The number of hydrogen-bond donors (Lipinski definition) is 2. The maximum absolute atomic E-state index is 12.9. The van der Waals surface area contributed by atoms with Gasteiger partial charge in [0.15, 0.2) is 12.3 Å². The van der Waals surface area contributed by atoms with Crippen LogP contribution in [0.5, 0.6) is 0 Å². The average molecular weight is 452 g/mol. The maximum atomic E-state index is 12.9. The monoisotopic (exact) mass is 452 g/mol. The first-order valence-corrected chi connectivity index (χ1v) is 10.5. The van der Waals surface area contributed by atoms with E-state index in [2.05, 4.69) is 4.98 Å². The Balaban J connectivity index is 1.68. The molecule has 172 valence electrons. The predicted octanol–water partition coefficient (Wildman–Crippen LogP) is 1.55. The van der Waals surface area contributed by atoms with E-state index in [-0.39, 0.29) is 12.2 Å². The summed E-state index contributed by atoms with van der Waals surface area (Å²) in [7, 11) is 0. The lowest BCUT2D eigenvalue weighted by Crippen LogP contribution is -2.42. The number of aliphatic hydroxyl groups excluding tert-OH is 1. The van der Waals surface area contributed by atoms with Gasteiger partial charge in [-0.05, 0) is 24.6 Å². The fourth-order valence-electron chi connectivity index (χ4n) is 3.71. The Morgan fingerprint density at radius 2 is 1.73 bits per heavy atom. The van der Waals surface area contributed by atoms with E-state index >= 15 is 0 Å². The number of aromatic amines is 1. The highest BCUT2D eigenvalue weighted by Gasteiger charge is 2.49. The summed E-state index contributed by atoms with van der Waals surface area (Å²) in [6.45, 7) is 1.30. The number of ether oxygens (including phenoxy) is 3. The molecule has 4 atom stereocenters. The summed E-state index contributed by atoms with van der Waals surface area (Å²) in [6.07, 6.45) is -2.58. The van der Waals surface area contributed by atoms with Crippen LogP contribution in [0.2, 0.25) is 0 Å². The van der Waals surface area contributed by atoms with E-state index in [4.69, 9.17) is 14.2 Å². The minimum Gasteiger partial charge on any atom is -0.451 e. The molecule has 2 aromatic carbocycles. The molecule has 2 N–H and O–H groups in total. The number of aryl methyl sites for hydroxylation is 1. The molecule has 0 aliphatic carbocycles. The number of carbonyl (C=O) groups excluding carboxylic acids is 1. The standard InChI is InChI=1S/C24H24N2O7/c1-15-12-26(24(30)25-21(15)28)22-20(33-23(29)17-10-6-3-7-11-17)19(18(13-27)32-22)31-14-16-8-4-2-5-9-16/h2-12,18-20,22,27H,13-14H2,1H3,(H,25,28,30)/t18-,19-,20-,22-/m1/s1. The van der Waals surface area contributed by atoms with Gasteiger partial charge in [-0.3, -0.25) is 14.3 Å². The van der Waals surface area contributed by atoms with Gasteiger partial charge in [-0.1, -0.05) is 48.5 Å². The van der Waals surface area contributed by atoms with Crippen molar-refractivity contribution >= 4 is 5.97 Å². The molecule has 1 aliphatic heterocycles. The highest BCUT2D eigenvalue weighted by atomic mass is 16.6. The van der Waals surface area contributed by atoms with Gasteiger partial charge in [0.2, 0.25) is 0 Å². The molecule has 0 unspecified atom stereocenters. The summed E-state index contributed by atoms with van der Waals surface area (Å²) in [5.74, 6) is -0.629. The molecule has 0 bridgehead atoms. The van der Waals surface area contributed by atoms with Crippen molar-refractivity contribution in [2.45, 2.75) is 38.1 Å². The van der Waals surface area contributed by atoms with Crippen molar-refractivity contribution in [1.82, 2.24) is 9.55 Å². The predicted molar refractivity (Wildman–Crippen MR) is 118 cm³/mol. The molecule has 0 radical (unpaired) electrons. The van der Waals surface area contributed by atoms with Crippen molar-refractivity contribution < 1.29 is 24.1 Å². The second-order valence-corrected chi connectivity index (χ2v) is 7.72. The maximum Gasteiger partial charge on any atom is 0.338 e. The number of hydrogen-bond acceptors (Lipinski definition) is 7. The molecule has 9 heteroatoms. The van der Waals surface area contributed by atoms with Crippen LogP contribution in [0.25, 0.3) is 0 Å². The van der Waals surface area contributed by atoms with Crippen LogP contribution in [0.15, 0.2) is 76.4 Å². The summed E-state index contributed by atoms with van der Waals surface area (Å²) in [5.41, 5.74) is 0.221. The Morgan fingerprint density at radius 1 is 1.06 bits per heavy atom. The molecule has 1 aliphatic rings. The largest absolute Gasteiger partial charge is 0.451 e. The van der Waals surface area contributed by atoms with Gasteiger partial charge < -0.3 is 19.3 Å². The van der Waals surface area contributed by atoms with Crippen LogP contribution >= 0.6 is 0 Å². The van der Waals surface area contributed by atoms with Gasteiger partial charge in [-0.2, -0.15) is 0 Å². The SMILES string of the molecule is Cc1cn([C@@H]2O[C@H](CO)[C@@H](OCc3ccccc3)[C@H]2OC(=O)c2ccccc2)c(=O)[nH]c1=O. The zero-order valence-electron chi connectivity index (χ0n) is 17.9. The van der Waals surface area contributed by atoms with Crippen molar-refractivity contribution in [2.24, 2.45) is 0 Å². The summed E-state index contributed by atoms with van der Waals surface area (Å²) >= 11 is 0. The fraction of sp³-hybridized carbons (Fsp3) is 0.292. The average Bonchev–Trinajstić information content (AvgIpc) is 3.18. The van der Waals surface area contributed by atoms with E-state index in [0.29, 0.717) is 5.56 Å². The molecule has 0 saturated carbocycles. The topological polar surface area (TPSA) is 120 Å². The van der Waals surface area contributed by atoms with Crippen molar-refractivity contribution in [3.63, 3.8) is 0 Å². The van der Waals surface area contributed by atoms with E-state index in [0.717, 1.165) is 10.1 Å². The summed E-state index contributed by atoms with van der Waals surface area (Å²) < 4.78 is 18.9. The number of nitrogens with one attached hydrogen (secondary N) is 1. The van der Waals surface area contributed by atoms with E-state index < -0.39 is 48.4 Å². The van der Waals surface area contributed by atoms with Crippen molar-refractivity contribution in [2.75, 3.05) is 6.61 Å². The van der Waals surface area contributed by atoms with Crippen LogP contribution < -0.4 is 11.2 Å².